The summed E-state index contributed by atoms with van der Waals surface area (Å²) in [5, 5.41) is 0. The van der Waals surface area contributed by atoms with Crippen LogP contribution in [0.5, 0.6) is 5.75 Å². The monoisotopic (exact) mass is 262 g/mol. The Kier molecular flexibility index (Phi) is 5.08. The molecule has 0 saturated carbocycles. The summed E-state index contributed by atoms with van der Waals surface area (Å²) in [6, 6.07) is 5.88. The van der Waals surface area contributed by atoms with E-state index in [1.165, 1.54) is 25.9 Å². The number of anilines is 1. The van der Waals surface area contributed by atoms with Gasteiger partial charge in [-0.25, -0.2) is 0 Å². The number of piperidine rings is 1. The zero-order valence-corrected chi connectivity index (χ0v) is 12.2. The first-order valence-corrected chi connectivity index (χ1v) is 7.36. The van der Waals surface area contributed by atoms with E-state index in [9.17, 15) is 0 Å². The summed E-state index contributed by atoms with van der Waals surface area (Å²) in [4.78, 5) is 2.56. The van der Waals surface area contributed by atoms with E-state index in [1.807, 2.05) is 25.1 Å². The fourth-order valence-electron chi connectivity index (χ4n) is 2.71. The predicted octanol–water partition coefficient (Wildman–Crippen LogP) is 3.08. The molecule has 1 aliphatic rings. The lowest BCUT2D eigenvalue weighted by Gasteiger charge is -2.30. The molecule has 1 heterocycles. The van der Waals surface area contributed by atoms with E-state index >= 15 is 0 Å². The Hall–Kier alpha value is -1.22. The number of hydrogen-bond acceptors (Lipinski definition) is 3. The van der Waals surface area contributed by atoms with E-state index < -0.39 is 0 Å². The topological polar surface area (TPSA) is 38.5 Å². The molecule has 0 amide bonds. The summed E-state index contributed by atoms with van der Waals surface area (Å²) in [6.07, 6.45) is 3.83. The number of hydrogen-bond donors (Lipinski definition) is 1. The fraction of sp³-hybridized carbons (Fsp3) is 0.625. The number of rotatable bonds is 5. The van der Waals surface area contributed by atoms with Crippen molar-refractivity contribution >= 4 is 5.69 Å². The van der Waals surface area contributed by atoms with Gasteiger partial charge in [-0.1, -0.05) is 6.92 Å². The molecule has 1 unspecified atom stereocenters. The third-order valence-corrected chi connectivity index (χ3v) is 3.87. The molecule has 0 spiro atoms. The molecule has 3 heteroatoms. The lowest BCUT2D eigenvalue weighted by molar-refractivity contribution is 0.170. The minimum absolute atomic E-state index is 0.786. The molecule has 2 rings (SSSR count). The van der Waals surface area contributed by atoms with E-state index in [0.717, 1.165) is 42.5 Å². The Morgan fingerprint density at radius 1 is 1.42 bits per heavy atom. The average molecular weight is 262 g/mol. The van der Waals surface area contributed by atoms with Crippen molar-refractivity contribution in [3.05, 3.63) is 23.8 Å². The van der Waals surface area contributed by atoms with Gasteiger partial charge >= 0.3 is 0 Å². The van der Waals surface area contributed by atoms with Crippen LogP contribution in [-0.4, -0.2) is 31.1 Å². The summed E-state index contributed by atoms with van der Waals surface area (Å²) in [7, 11) is 0. The summed E-state index contributed by atoms with van der Waals surface area (Å²) >= 11 is 0. The summed E-state index contributed by atoms with van der Waals surface area (Å²) in [5.74, 6) is 1.79. The Labute approximate surface area is 116 Å². The largest absolute Gasteiger partial charge is 0.494 e. The lowest BCUT2D eigenvalue weighted by atomic mass is 10.0. The molecule has 1 fully saturated rings. The number of nitrogen functional groups attached to an aromatic ring is 1. The Bertz CT molecular complexity index is 406. The average Bonchev–Trinajstić information content (AvgIpc) is 2.39. The van der Waals surface area contributed by atoms with Gasteiger partial charge in [0.1, 0.15) is 5.75 Å². The van der Waals surface area contributed by atoms with Gasteiger partial charge in [-0.15, -0.1) is 0 Å². The number of likely N-dealkylation sites (tertiary alicyclic amines) is 1. The van der Waals surface area contributed by atoms with Crippen molar-refractivity contribution in [2.75, 3.05) is 32.0 Å². The molecule has 1 aromatic carbocycles. The van der Waals surface area contributed by atoms with Gasteiger partial charge in [0.05, 0.1) is 6.61 Å². The maximum absolute atomic E-state index is 5.79. The predicted molar refractivity (Wildman–Crippen MR) is 80.5 cm³/mol. The smallest absolute Gasteiger partial charge is 0.119 e. The molecule has 0 aliphatic carbocycles. The van der Waals surface area contributed by atoms with Gasteiger partial charge in [0, 0.05) is 18.8 Å². The number of benzene rings is 1. The lowest BCUT2D eigenvalue weighted by Crippen LogP contribution is -2.35. The molecule has 1 saturated heterocycles. The molecular weight excluding hydrogens is 236 g/mol. The highest BCUT2D eigenvalue weighted by Crippen LogP contribution is 2.19. The molecule has 0 bridgehead atoms. The summed E-state index contributed by atoms with van der Waals surface area (Å²) in [5.41, 5.74) is 7.71. The van der Waals surface area contributed by atoms with Crippen molar-refractivity contribution in [3.8, 4) is 5.75 Å². The zero-order valence-electron chi connectivity index (χ0n) is 12.2. The molecule has 106 valence electrons. The highest BCUT2D eigenvalue weighted by atomic mass is 16.5. The second-order valence-corrected chi connectivity index (χ2v) is 5.77. The van der Waals surface area contributed by atoms with Crippen molar-refractivity contribution < 1.29 is 4.74 Å². The first-order valence-electron chi connectivity index (χ1n) is 7.36. The first kappa shape index (κ1) is 14.2. The fourth-order valence-corrected chi connectivity index (χ4v) is 2.71. The van der Waals surface area contributed by atoms with Crippen LogP contribution in [-0.2, 0) is 0 Å². The highest BCUT2D eigenvalue weighted by Gasteiger charge is 2.15. The van der Waals surface area contributed by atoms with E-state index in [2.05, 4.69) is 11.8 Å². The van der Waals surface area contributed by atoms with E-state index in [1.54, 1.807) is 0 Å². The van der Waals surface area contributed by atoms with E-state index in [0.29, 0.717) is 0 Å². The van der Waals surface area contributed by atoms with Crippen LogP contribution in [0.15, 0.2) is 18.2 Å². The Balaban J connectivity index is 1.67. The van der Waals surface area contributed by atoms with Gasteiger partial charge in [0.25, 0.3) is 0 Å². The van der Waals surface area contributed by atoms with Crippen molar-refractivity contribution in [1.82, 2.24) is 4.90 Å². The van der Waals surface area contributed by atoms with Crippen LogP contribution in [0.3, 0.4) is 0 Å². The van der Waals surface area contributed by atoms with Crippen LogP contribution < -0.4 is 10.5 Å². The standard InChI is InChI=1S/C16H26N2O/c1-13-5-3-8-18(12-13)9-4-10-19-15-6-7-16(17)14(2)11-15/h6-7,11,13H,3-5,8-10,12,17H2,1-2H3. The third kappa shape index (κ3) is 4.43. The first-order chi connectivity index (χ1) is 9.15. The molecule has 0 aromatic heterocycles. The molecule has 1 aliphatic heterocycles. The van der Waals surface area contributed by atoms with Gasteiger partial charge in [-0.3, -0.25) is 0 Å². The SMILES string of the molecule is Cc1cc(OCCCN2CCCC(C)C2)ccc1N. The highest BCUT2D eigenvalue weighted by molar-refractivity contribution is 5.49. The second-order valence-electron chi connectivity index (χ2n) is 5.77. The molecular formula is C16H26N2O. The minimum Gasteiger partial charge on any atom is -0.494 e. The van der Waals surface area contributed by atoms with Crippen molar-refractivity contribution in [3.63, 3.8) is 0 Å². The summed E-state index contributed by atoms with van der Waals surface area (Å²) < 4.78 is 5.78. The van der Waals surface area contributed by atoms with Gasteiger partial charge in [-0.05, 0) is 62.4 Å². The normalized spacial score (nSPS) is 20.4. The number of nitrogens with zero attached hydrogens (tertiary/aromatic N) is 1. The molecule has 19 heavy (non-hydrogen) atoms. The summed E-state index contributed by atoms with van der Waals surface area (Å²) in [6.45, 7) is 8.80. The van der Waals surface area contributed by atoms with Crippen LogP contribution in [0.4, 0.5) is 5.69 Å². The third-order valence-electron chi connectivity index (χ3n) is 3.87. The molecule has 2 N–H and O–H groups in total. The van der Waals surface area contributed by atoms with Crippen LogP contribution in [0.2, 0.25) is 0 Å². The molecule has 0 radical (unpaired) electrons. The second kappa shape index (κ2) is 6.80. The van der Waals surface area contributed by atoms with Gasteiger partial charge < -0.3 is 15.4 Å². The number of nitrogens with two attached hydrogens (primary N) is 1. The van der Waals surface area contributed by atoms with Crippen LogP contribution in [0.1, 0.15) is 31.7 Å². The zero-order chi connectivity index (χ0) is 13.7. The van der Waals surface area contributed by atoms with Crippen molar-refractivity contribution in [2.45, 2.75) is 33.1 Å². The van der Waals surface area contributed by atoms with Gasteiger partial charge in [-0.2, -0.15) is 0 Å². The van der Waals surface area contributed by atoms with Crippen molar-refractivity contribution in [1.29, 1.82) is 0 Å². The Morgan fingerprint density at radius 2 is 2.26 bits per heavy atom. The van der Waals surface area contributed by atoms with Crippen LogP contribution >= 0.6 is 0 Å². The molecule has 1 aromatic rings. The van der Waals surface area contributed by atoms with Crippen molar-refractivity contribution in [2.24, 2.45) is 5.92 Å². The van der Waals surface area contributed by atoms with Gasteiger partial charge in [0.15, 0.2) is 0 Å². The minimum atomic E-state index is 0.786. The molecule has 1 atom stereocenters. The van der Waals surface area contributed by atoms with E-state index in [4.69, 9.17) is 10.5 Å². The quantitative estimate of drug-likeness (QED) is 0.654. The van der Waals surface area contributed by atoms with Crippen LogP contribution in [0, 0.1) is 12.8 Å². The van der Waals surface area contributed by atoms with E-state index in [-0.39, 0.29) is 0 Å². The van der Waals surface area contributed by atoms with Crippen LogP contribution in [0.25, 0.3) is 0 Å². The number of ether oxygens (including phenoxy) is 1. The molecule has 3 nitrogen and oxygen atoms in total. The number of aryl methyl sites for hydroxylation is 1. The maximum Gasteiger partial charge on any atom is 0.119 e. The van der Waals surface area contributed by atoms with Gasteiger partial charge in [0.2, 0.25) is 0 Å². The maximum atomic E-state index is 5.79. The Morgan fingerprint density at radius 3 is 3.00 bits per heavy atom.